The number of aromatic nitrogens is 3. The first-order valence-electron chi connectivity index (χ1n) is 11.2. The molecule has 8 nitrogen and oxygen atoms in total. The highest BCUT2D eigenvalue weighted by atomic mass is 79.9. The van der Waals surface area contributed by atoms with E-state index >= 15 is 0 Å². The van der Waals surface area contributed by atoms with Gasteiger partial charge in [0.05, 0.1) is 46.4 Å². The van der Waals surface area contributed by atoms with Crippen molar-refractivity contribution in [3.63, 3.8) is 0 Å². The van der Waals surface area contributed by atoms with Gasteiger partial charge in [-0.1, -0.05) is 34.1 Å². The minimum Gasteiger partial charge on any atom is -0.497 e. The molecule has 0 saturated heterocycles. The fourth-order valence-electron chi connectivity index (χ4n) is 4.24. The van der Waals surface area contributed by atoms with Crippen LogP contribution in [0, 0.1) is 11.3 Å². The van der Waals surface area contributed by atoms with E-state index in [-0.39, 0.29) is 10.4 Å². The maximum absolute atomic E-state index is 14.0. The number of ether oxygens (including phenoxy) is 1. The molecule has 186 valence electrons. The van der Waals surface area contributed by atoms with E-state index in [1.807, 2.05) is 6.07 Å². The lowest BCUT2D eigenvalue weighted by Gasteiger charge is -2.16. The van der Waals surface area contributed by atoms with Crippen LogP contribution in [0.3, 0.4) is 0 Å². The number of hydrogen-bond acceptors (Lipinski definition) is 6. The summed E-state index contributed by atoms with van der Waals surface area (Å²) in [5.74, 6) is 0.348. The van der Waals surface area contributed by atoms with Crippen molar-refractivity contribution in [2.45, 2.75) is 24.2 Å². The number of nitriles is 1. The van der Waals surface area contributed by atoms with Gasteiger partial charge in [-0.2, -0.15) is 9.23 Å². The summed E-state index contributed by atoms with van der Waals surface area (Å²) in [6.07, 6.45) is 1.40. The molecule has 2 heterocycles. The maximum atomic E-state index is 14.0. The quantitative estimate of drug-likeness (QED) is 0.286. The third kappa shape index (κ3) is 4.00. The van der Waals surface area contributed by atoms with Crippen molar-refractivity contribution in [3.05, 3.63) is 93.4 Å². The largest absolute Gasteiger partial charge is 0.497 e. The Balaban J connectivity index is 1.88. The standard InChI is InChI=1S/C27H21BrN4O4S/c1-27(2,16-29)17-7-10-19(11-8-17)31-25-22-13-18(28)9-12-23(22)30-15-24(25)32(26(31)33)37(34,35)21-6-4-5-20(14-21)36-3/h4-15H,1-3H3. The molecule has 0 amide bonds. The SMILES string of the molecule is COc1cccc(S(=O)(=O)n2c(=O)n(-c3ccc(C(C)(C)C#N)cc3)c3c4cc(Br)ccc4ncc32)c1. The summed E-state index contributed by atoms with van der Waals surface area (Å²) >= 11 is 3.47. The number of halogens is 1. The monoisotopic (exact) mass is 576 g/mol. The van der Waals surface area contributed by atoms with Gasteiger partial charge in [-0.25, -0.2) is 13.2 Å². The Bertz CT molecular complexity index is 1900. The smallest absolute Gasteiger partial charge is 0.348 e. The van der Waals surface area contributed by atoms with Gasteiger partial charge in [0.2, 0.25) is 0 Å². The zero-order valence-electron chi connectivity index (χ0n) is 20.1. The molecule has 5 aromatic rings. The summed E-state index contributed by atoms with van der Waals surface area (Å²) in [5, 5.41) is 10.1. The van der Waals surface area contributed by atoms with Crippen molar-refractivity contribution in [3.8, 4) is 17.5 Å². The van der Waals surface area contributed by atoms with E-state index in [2.05, 4.69) is 27.0 Å². The second kappa shape index (κ2) is 8.87. The van der Waals surface area contributed by atoms with Crippen molar-refractivity contribution in [2.24, 2.45) is 0 Å². The van der Waals surface area contributed by atoms with Gasteiger partial charge in [0, 0.05) is 15.9 Å². The van der Waals surface area contributed by atoms with E-state index < -0.39 is 21.1 Å². The normalized spacial score (nSPS) is 12.1. The van der Waals surface area contributed by atoms with E-state index in [4.69, 9.17) is 4.74 Å². The number of nitrogens with zero attached hydrogens (tertiary/aromatic N) is 4. The summed E-state index contributed by atoms with van der Waals surface area (Å²) in [6, 6.07) is 20.6. The number of rotatable bonds is 5. The molecule has 37 heavy (non-hydrogen) atoms. The number of imidazole rings is 1. The third-order valence-corrected chi connectivity index (χ3v) is 8.47. The van der Waals surface area contributed by atoms with Gasteiger partial charge in [-0.3, -0.25) is 9.55 Å². The minimum absolute atomic E-state index is 0.0894. The maximum Gasteiger partial charge on any atom is 0.348 e. The zero-order valence-corrected chi connectivity index (χ0v) is 22.5. The van der Waals surface area contributed by atoms with Crippen LogP contribution in [-0.4, -0.2) is 29.1 Å². The van der Waals surface area contributed by atoms with E-state index in [1.54, 1.807) is 62.4 Å². The number of hydrogen-bond donors (Lipinski definition) is 0. The average Bonchev–Trinajstić information content (AvgIpc) is 3.21. The first-order valence-corrected chi connectivity index (χ1v) is 13.5. The summed E-state index contributed by atoms with van der Waals surface area (Å²) in [7, 11) is -2.88. The van der Waals surface area contributed by atoms with Crippen molar-refractivity contribution in [1.29, 1.82) is 5.26 Å². The van der Waals surface area contributed by atoms with Gasteiger partial charge < -0.3 is 4.74 Å². The molecule has 10 heteroatoms. The summed E-state index contributed by atoms with van der Waals surface area (Å²) in [6.45, 7) is 3.61. The van der Waals surface area contributed by atoms with Gasteiger partial charge in [-0.05, 0) is 61.9 Å². The van der Waals surface area contributed by atoms with E-state index in [1.165, 1.54) is 30.0 Å². The molecule has 3 aromatic carbocycles. The molecule has 0 bridgehead atoms. The van der Waals surface area contributed by atoms with Crippen LogP contribution in [0.25, 0.3) is 27.6 Å². The van der Waals surface area contributed by atoms with E-state index in [0.717, 1.165) is 14.0 Å². The summed E-state index contributed by atoms with van der Waals surface area (Å²) in [5.41, 5.74) is 0.875. The van der Waals surface area contributed by atoms with Crippen LogP contribution >= 0.6 is 15.9 Å². The third-order valence-electron chi connectivity index (χ3n) is 6.30. The Hall–Kier alpha value is -3.94. The van der Waals surface area contributed by atoms with Crippen LogP contribution in [0.4, 0.5) is 0 Å². The number of pyridine rings is 1. The Morgan fingerprint density at radius 2 is 1.78 bits per heavy atom. The van der Waals surface area contributed by atoms with Gasteiger partial charge in [0.15, 0.2) is 0 Å². The average molecular weight is 577 g/mol. The van der Waals surface area contributed by atoms with Gasteiger partial charge in [0.25, 0.3) is 10.0 Å². The predicted octanol–water partition coefficient (Wildman–Crippen LogP) is 5.15. The minimum atomic E-state index is -4.32. The second-order valence-corrected chi connectivity index (χ2v) is 11.7. The topological polar surface area (TPSA) is 107 Å². The highest BCUT2D eigenvalue weighted by Crippen LogP contribution is 2.31. The first kappa shape index (κ1) is 24.7. The van der Waals surface area contributed by atoms with Crippen LogP contribution in [0.15, 0.2) is 87.1 Å². The van der Waals surface area contributed by atoms with Crippen LogP contribution in [0.1, 0.15) is 19.4 Å². The van der Waals surface area contributed by atoms with Crippen LogP contribution in [0.2, 0.25) is 0 Å². The lowest BCUT2D eigenvalue weighted by molar-refractivity contribution is 0.413. The Kier molecular flexibility index (Phi) is 5.93. The molecular weight excluding hydrogens is 556 g/mol. The van der Waals surface area contributed by atoms with Gasteiger partial charge >= 0.3 is 5.69 Å². The zero-order chi connectivity index (χ0) is 26.5. The molecule has 0 aliphatic heterocycles. The molecule has 0 atom stereocenters. The molecule has 2 aromatic heterocycles. The lowest BCUT2D eigenvalue weighted by atomic mass is 9.86. The molecular formula is C27H21BrN4O4S. The Morgan fingerprint density at radius 1 is 1.05 bits per heavy atom. The molecule has 0 N–H and O–H groups in total. The highest BCUT2D eigenvalue weighted by Gasteiger charge is 2.28. The van der Waals surface area contributed by atoms with Gasteiger partial charge in [0.1, 0.15) is 11.3 Å². The van der Waals surface area contributed by atoms with Gasteiger partial charge in [-0.15, -0.1) is 0 Å². The Labute approximate surface area is 221 Å². The van der Waals surface area contributed by atoms with Crippen molar-refractivity contribution in [2.75, 3.05) is 7.11 Å². The second-order valence-electron chi connectivity index (χ2n) is 9.00. The summed E-state index contributed by atoms with van der Waals surface area (Å²) < 4.78 is 35.8. The van der Waals surface area contributed by atoms with Crippen LogP contribution in [-0.2, 0) is 15.4 Å². The first-order chi connectivity index (χ1) is 17.6. The predicted molar refractivity (Wildman–Crippen MR) is 145 cm³/mol. The molecule has 0 aliphatic rings. The summed E-state index contributed by atoms with van der Waals surface area (Å²) in [4.78, 5) is 18.3. The van der Waals surface area contributed by atoms with Crippen molar-refractivity contribution >= 4 is 47.9 Å². The fourth-order valence-corrected chi connectivity index (χ4v) is 6.01. The Morgan fingerprint density at radius 3 is 2.46 bits per heavy atom. The number of fused-ring (bicyclic) bond motifs is 3. The lowest BCUT2D eigenvalue weighted by Crippen LogP contribution is -2.29. The van der Waals surface area contributed by atoms with Crippen LogP contribution in [0.5, 0.6) is 5.75 Å². The molecule has 0 unspecified atom stereocenters. The molecule has 0 fully saturated rings. The van der Waals surface area contributed by atoms with Crippen molar-refractivity contribution < 1.29 is 13.2 Å². The number of methoxy groups -OCH3 is 1. The molecule has 0 spiro atoms. The molecule has 0 aliphatic carbocycles. The molecule has 5 rings (SSSR count). The van der Waals surface area contributed by atoms with E-state index in [0.29, 0.717) is 27.9 Å². The highest BCUT2D eigenvalue weighted by molar-refractivity contribution is 9.10. The molecule has 0 radical (unpaired) electrons. The number of benzene rings is 3. The fraction of sp³-hybridized carbons (Fsp3) is 0.148. The van der Waals surface area contributed by atoms with Crippen LogP contribution < -0.4 is 10.4 Å². The van der Waals surface area contributed by atoms with E-state index in [9.17, 15) is 18.5 Å². The molecule has 0 saturated carbocycles. The van der Waals surface area contributed by atoms with Crippen molar-refractivity contribution in [1.82, 2.24) is 13.5 Å².